The Bertz CT molecular complexity index is 1470. The normalized spacial score (nSPS) is 11.7. The summed E-state index contributed by atoms with van der Waals surface area (Å²) in [6, 6.07) is 6.31. The molecule has 0 saturated carbocycles. The number of nitrogens with zero attached hydrogens (tertiary/aromatic N) is 3. The molecule has 0 aromatic heterocycles. The van der Waals surface area contributed by atoms with Crippen LogP contribution in [0.3, 0.4) is 0 Å². The van der Waals surface area contributed by atoms with Gasteiger partial charge in [-0.05, 0) is 35.7 Å². The van der Waals surface area contributed by atoms with Crippen molar-refractivity contribution >= 4 is 48.1 Å². The van der Waals surface area contributed by atoms with Gasteiger partial charge in [0.25, 0.3) is 5.69 Å². The van der Waals surface area contributed by atoms with Crippen LogP contribution in [0.15, 0.2) is 62.5 Å². The van der Waals surface area contributed by atoms with Crippen LogP contribution < -0.4 is 59.1 Å². The van der Waals surface area contributed by atoms with Gasteiger partial charge in [-0.1, -0.05) is 0 Å². The third-order valence-electron chi connectivity index (χ3n) is 3.99. The van der Waals surface area contributed by atoms with Gasteiger partial charge in [0.2, 0.25) is 0 Å². The fraction of sp³-hybridized carbons (Fsp3) is 0. The zero-order valence-corrected chi connectivity index (χ0v) is 22.5. The fourth-order valence-electron chi connectivity index (χ4n) is 2.62. The van der Waals surface area contributed by atoms with Gasteiger partial charge in [0.05, 0.1) is 25.8 Å². The van der Waals surface area contributed by atoms with Crippen LogP contribution in [-0.4, -0.2) is 41.1 Å². The van der Waals surface area contributed by atoms with E-state index < -0.39 is 62.9 Å². The molecule has 0 heterocycles. The first-order valence-electron chi connectivity index (χ1n) is 7.89. The number of aromatic hydroxyl groups is 2. The van der Waals surface area contributed by atoms with Gasteiger partial charge in [-0.3, -0.25) is 10.1 Å². The second-order valence-corrected chi connectivity index (χ2v) is 8.72. The molecule has 162 valence electrons. The Morgan fingerprint density at radius 1 is 0.848 bits per heavy atom. The summed E-state index contributed by atoms with van der Waals surface area (Å²) in [4.78, 5) is 7.97. The minimum absolute atomic E-state index is 0. The first kappa shape index (κ1) is 29.4. The zero-order valence-electron chi connectivity index (χ0n) is 16.9. The van der Waals surface area contributed by atoms with Crippen LogP contribution in [0, 0.1) is 10.1 Å². The Morgan fingerprint density at radius 2 is 1.42 bits per heavy atom. The van der Waals surface area contributed by atoms with Crippen LogP contribution in [0.2, 0.25) is 0 Å². The summed E-state index contributed by atoms with van der Waals surface area (Å²) in [5.74, 6) is -1.92. The van der Waals surface area contributed by atoms with E-state index in [1.165, 1.54) is 0 Å². The summed E-state index contributed by atoms with van der Waals surface area (Å²) in [6.07, 6.45) is 0. The second-order valence-electron chi connectivity index (χ2n) is 5.99. The topological polar surface area (TPSA) is 223 Å². The molecular weight excluding hydrogens is 504 g/mol. The number of phenols is 2. The van der Waals surface area contributed by atoms with Crippen LogP contribution in [0.5, 0.6) is 11.5 Å². The number of hydrogen-bond donors (Lipinski definition) is 2. The van der Waals surface area contributed by atoms with Gasteiger partial charge >= 0.3 is 59.1 Å². The molecule has 0 aliphatic carbocycles. The summed E-state index contributed by atoms with van der Waals surface area (Å²) in [5, 5.41) is 37.4. The van der Waals surface area contributed by atoms with E-state index in [9.17, 15) is 46.3 Å². The van der Waals surface area contributed by atoms with E-state index in [0.29, 0.717) is 18.2 Å². The van der Waals surface area contributed by atoms with Crippen LogP contribution >= 0.6 is 0 Å². The van der Waals surface area contributed by atoms with Crippen LogP contribution in [0.25, 0.3) is 10.8 Å². The number of azo groups is 1. The summed E-state index contributed by atoms with van der Waals surface area (Å²) in [6.45, 7) is 0. The Kier molecular flexibility index (Phi) is 9.55. The summed E-state index contributed by atoms with van der Waals surface area (Å²) in [5.41, 5.74) is -1.13. The molecule has 0 spiro atoms. The number of phenolic OH excluding ortho intramolecular Hbond substituents is 2. The summed E-state index contributed by atoms with van der Waals surface area (Å²) in [7, 11) is -10.3. The van der Waals surface area contributed by atoms with E-state index in [1.54, 1.807) is 0 Å². The van der Waals surface area contributed by atoms with E-state index in [1.807, 2.05) is 0 Å². The van der Waals surface area contributed by atoms with Gasteiger partial charge < -0.3 is 19.3 Å². The van der Waals surface area contributed by atoms with Gasteiger partial charge in [-0.15, -0.1) is 5.11 Å². The van der Waals surface area contributed by atoms with E-state index in [0.717, 1.165) is 24.3 Å². The summed E-state index contributed by atoms with van der Waals surface area (Å²) >= 11 is 0. The molecule has 33 heavy (non-hydrogen) atoms. The Balaban J connectivity index is 0.00000272. The van der Waals surface area contributed by atoms with E-state index in [4.69, 9.17) is 0 Å². The van der Waals surface area contributed by atoms with Crippen molar-refractivity contribution in [3.63, 3.8) is 0 Å². The fourth-order valence-corrected chi connectivity index (χ4v) is 3.79. The average Bonchev–Trinajstić information content (AvgIpc) is 2.65. The number of nitro groups is 1. The van der Waals surface area contributed by atoms with Crippen molar-refractivity contribution in [2.75, 3.05) is 0 Å². The molecule has 0 unspecified atom stereocenters. The molecule has 17 heteroatoms. The van der Waals surface area contributed by atoms with E-state index >= 15 is 0 Å². The Hall–Kier alpha value is -1.66. The van der Waals surface area contributed by atoms with Crippen molar-refractivity contribution in [3.8, 4) is 11.5 Å². The van der Waals surface area contributed by atoms with Gasteiger partial charge in [-0.25, -0.2) is 16.8 Å². The van der Waals surface area contributed by atoms with Crippen LogP contribution in [0.1, 0.15) is 0 Å². The number of benzene rings is 3. The maximum Gasteiger partial charge on any atom is 1.00 e. The maximum atomic E-state index is 11.7. The molecule has 0 aliphatic rings. The minimum Gasteiger partial charge on any atom is -0.744 e. The van der Waals surface area contributed by atoms with Crippen molar-refractivity contribution in [2.45, 2.75) is 9.79 Å². The van der Waals surface area contributed by atoms with Gasteiger partial charge in [0.1, 0.15) is 31.7 Å². The number of rotatable bonds is 5. The largest absolute Gasteiger partial charge is 1.00 e. The first-order chi connectivity index (χ1) is 14.3. The molecule has 0 fully saturated rings. The maximum absolute atomic E-state index is 11.7. The van der Waals surface area contributed by atoms with Crippen molar-refractivity contribution in [1.29, 1.82) is 0 Å². The number of fused-ring (bicyclic) bond motifs is 1. The molecule has 13 nitrogen and oxygen atoms in total. The molecule has 0 atom stereocenters. The van der Waals surface area contributed by atoms with Crippen LogP contribution in [0.4, 0.5) is 17.1 Å². The van der Waals surface area contributed by atoms with Crippen molar-refractivity contribution < 1.29 is 100 Å². The second kappa shape index (κ2) is 10.7. The minimum atomic E-state index is -5.29. The zero-order chi connectivity index (χ0) is 23.1. The van der Waals surface area contributed by atoms with E-state index in [-0.39, 0.29) is 70.5 Å². The molecule has 2 N–H and O–H groups in total. The molecule has 0 saturated heterocycles. The molecule has 0 radical (unpaired) electrons. The van der Waals surface area contributed by atoms with Crippen molar-refractivity contribution in [2.24, 2.45) is 10.2 Å². The molecule has 0 amide bonds. The molecule has 3 rings (SSSR count). The summed E-state index contributed by atoms with van der Waals surface area (Å²) < 4.78 is 68.6. The van der Waals surface area contributed by atoms with Crippen molar-refractivity contribution in [1.82, 2.24) is 0 Å². The molecule has 0 bridgehead atoms. The quantitative estimate of drug-likeness (QED) is 0.112. The molecule has 3 aromatic carbocycles. The van der Waals surface area contributed by atoms with Crippen LogP contribution in [-0.2, 0) is 20.2 Å². The number of hydrogen-bond acceptors (Lipinski definition) is 12. The van der Waals surface area contributed by atoms with Gasteiger partial charge in [0.15, 0.2) is 5.75 Å². The average molecular weight is 513 g/mol. The predicted octanol–water partition coefficient (Wildman–Crippen LogP) is -3.61. The number of nitro benzene ring substituents is 1. The van der Waals surface area contributed by atoms with E-state index in [2.05, 4.69) is 10.2 Å². The Labute approximate surface area is 230 Å². The van der Waals surface area contributed by atoms with Gasteiger partial charge in [0, 0.05) is 12.1 Å². The molecule has 3 aromatic rings. The van der Waals surface area contributed by atoms with Gasteiger partial charge in [-0.2, -0.15) is 5.11 Å². The standard InChI is InChI=1S/C16H11N3O10S2.2Na/c20-12-7-11(30(24,25)26)5-8-6-13(31(27,28)29)15(16(21)14(8)12)18-17-9-1-3-10(4-2-9)19(22)23;;/h1-7,20-21H,(H,24,25,26)(H,27,28,29);;/q;2*+1/p-2. The number of non-ortho nitro benzene ring substituents is 1. The molecular formula is C16H9N3Na2O10S2. The molecule has 0 aliphatic heterocycles. The predicted molar refractivity (Wildman–Crippen MR) is 100 cm³/mol. The Morgan fingerprint density at radius 3 is 1.91 bits per heavy atom. The third kappa shape index (κ3) is 6.48. The monoisotopic (exact) mass is 513 g/mol. The third-order valence-corrected chi connectivity index (χ3v) is 5.65. The first-order valence-corrected chi connectivity index (χ1v) is 10.7. The SMILES string of the molecule is O=[N+]([O-])c1ccc(N=Nc2c(S(=O)(=O)[O-])cc3cc(S(=O)(=O)[O-])cc(O)c3c2O)cc1.[Na+].[Na+]. The van der Waals surface area contributed by atoms with Crippen molar-refractivity contribution in [3.05, 3.63) is 52.6 Å². The smallest absolute Gasteiger partial charge is 0.744 e.